The molecule has 1 fully saturated rings. The van der Waals surface area contributed by atoms with Crippen molar-refractivity contribution in [3.63, 3.8) is 0 Å². The van der Waals surface area contributed by atoms with Crippen LogP contribution < -0.4 is 14.8 Å². The molecule has 7 nitrogen and oxygen atoms in total. The predicted octanol–water partition coefficient (Wildman–Crippen LogP) is 2.67. The second-order valence-corrected chi connectivity index (χ2v) is 6.48. The molecule has 0 radical (unpaired) electrons. The van der Waals surface area contributed by atoms with Gasteiger partial charge in [0.1, 0.15) is 5.82 Å². The number of anilines is 1. The predicted molar refractivity (Wildman–Crippen MR) is 91.9 cm³/mol. The van der Waals surface area contributed by atoms with Gasteiger partial charge in [0.05, 0.1) is 20.0 Å². The zero-order valence-corrected chi connectivity index (χ0v) is 14.7. The summed E-state index contributed by atoms with van der Waals surface area (Å²) >= 11 is 1.40. The van der Waals surface area contributed by atoms with E-state index in [9.17, 15) is 4.79 Å². The Hall–Kier alpha value is -2.22. The maximum Gasteiger partial charge on any atom is 0.234 e. The zero-order valence-electron chi connectivity index (χ0n) is 13.9. The van der Waals surface area contributed by atoms with E-state index >= 15 is 0 Å². The average Bonchev–Trinajstić information content (AvgIpc) is 3.35. The smallest absolute Gasteiger partial charge is 0.234 e. The molecule has 1 aromatic carbocycles. The molecule has 1 saturated carbocycles. The van der Waals surface area contributed by atoms with E-state index in [1.807, 2.05) is 6.92 Å². The van der Waals surface area contributed by atoms with Crippen molar-refractivity contribution in [2.75, 3.05) is 25.3 Å². The Bertz CT molecular complexity index is 743. The number of hydrogen-bond acceptors (Lipinski definition) is 6. The largest absolute Gasteiger partial charge is 0.493 e. The first-order chi connectivity index (χ1) is 11.6. The third-order valence-electron chi connectivity index (χ3n) is 3.75. The molecule has 3 rings (SSSR count). The minimum absolute atomic E-state index is 0.102. The Morgan fingerprint density at radius 1 is 1.29 bits per heavy atom. The summed E-state index contributed by atoms with van der Waals surface area (Å²) in [4.78, 5) is 12.2. The number of methoxy groups -OCH3 is 2. The van der Waals surface area contributed by atoms with Gasteiger partial charge in [-0.3, -0.25) is 4.79 Å². The highest BCUT2D eigenvalue weighted by Gasteiger charge is 2.28. The second kappa shape index (κ2) is 7.12. The van der Waals surface area contributed by atoms with Crippen LogP contribution in [-0.2, 0) is 4.79 Å². The van der Waals surface area contributed by atoms with E-state index in [0.29, 0.717) is 23.2 Å². The third-order valence-corrected chi connectivity index (χ3v) is 4.69. The number of hydrogen-bond donors (Lipinski definition) is 1. The maximum absolute atomic E-state index is 12.2. The molecule has 2 aromatic rings. The second-order valence-electron chi connectivity index (χ2n) is 5.54. The number of nitrogens with one attached hydrogen (secondary N) is 1. The Labute approximate surface area is 144 Å². The summed E-state index contributed by atoms with van der Waals surface area (Å²) in [5.41, 5.74) is 0.665. The van der Waals surface area contributed by atoms with E-state index in [1.165, 1.54) is 11.8 Å². The van der Waals surface area contributed by atoms with E-state index in [0.717, 1.165) is 23.8 Å². The van der Waals surface area contributed by atoms with Crippen molar-refractivity contribution < 1.29 is 14.3 Å². The standard InChI is InChI=1S/C16H20N4O3S/c1-10-18-19-16(20(10)12-5-6-12)24-9-15(21)17-11-4-7-13(22-2)14(8-11)23-3/h4,7-8,12H,5-6,9H2,1-3H3,(H,17,21). The summed E-state index contributed by atoms with van der Waals surface area (Å²) in [5, 5.41) is 11.9. The maximum atomic E-state index is 12.2. The Balaban J connectivity index is 1.60. The highest BCUT2D eigenvalue weighted by Crippen LogP contribution is 2.38. The van der Waals surface area contributed by atoms with Gasteiger partial charge in [0.15, 0.2) is 16.7 Å². The van der Waals surface area contributed by atoms with Gasteiger partial charge in [0.2, 0.25) is 5.91 Å². The zero-order chi connectivity index (χ0) is 17.1. The fourth-order valence-electron chi connectivity index (χ4n) is 2.44. The fourth-order valence-corrected chi connectivity index (χ4v) is 3.29. The quantitative estimate of drug-likeness (QED) is 0.775. The summed E-state index contributed by atoms with van der Waals surface area (Å²) in [7, 11) is 3.14. The highest BCUT2D eigenvalue weighted by molar-refractivity contribution is 7.99. The third kappa shape index (κ3) is 3.64. The lowest BCUT2D eigenvalue weighted by molar-refractivity contribution is -0.113. The summed E-state index contributed by atoms with van der Waals surface area (Å²) < 4.78 is 12.5. The molecule has 24 heavy (non-hydrogen) atoms. The molecule has 0 aliphatic heterocycles. The number of nitrogens with zero attached hydrogens (tertiary/aromatic N) is 3. The van der Waals surface area contributed by atoms with Crippen molar-refractivity contribution in [3.05, 3.63) is 24.0 Å². The van der Waals surface area contributed by atoms with Crippen molar-refractivity contribution >= 4 is 23.4 Å². The topological polar surface area (TPSA) is 78.3 Å². The van der Waals surface area contributed by atoms with Crippen molar-refractivity contribution in [2.45, 2.75) is 31.0 Å². The minimum atomic E-state index is -0.102. The minimum Gasteiger partial charge on any atom is -0.493 e. The number of ether oxygens (including phenoxy) is 2. The first-order valence-corrected chi connectivity index (χ1v) is 8.67. The van der Waals surface area contributed by atoms with Crippen LogP contribution in [0.4, 0.5) is 5.69 Å². The molecule has 8 heteroatoms. The Morgan fingerprint density at radius 3 is 2.71 bits per heavy atom. The van der Waals surface area contributed by atoms with Gasteiger partial charge in [-0.25, -0.2) is 0 Å². The number of thioether (sulfide) groups is 1. The van der Waals surface area contributed by atoms with Crippen molar-refractivity contribution in [1.82, 2.24) is 14.8 Å². The van der Waals surface area contributed by atoms with Gasteiger partial charge >= 0.3 is 0 Å². The van der Waals surface area contributed by atoms with E-state index < -0.39 is 0 Å². The molecule has 128 valence electrons. The number of aromatic nitrogens is 3. The number of carbonyl (C=O) groups excluding carboxylic acids is 1. The Kier molecular flexibility index (Phi) is 4.94. The van der Waals surface area contributed by atoms with Gasteiger partial charge in [-0.2, -0.15) is 0 Å². The summed E-state index contributed by atoms with van der Waals surface area (Å²) in [6.07, 6.45) is 2.31. The molecule has 1 aliphatic carbocycles. The van der Waals surface area contributed by atoms with Crippen molar-refractivity contribution in [2.24, 2.45) is 0 Å². The lowest BCUT2D eigenvalue weighted by Crippen LogP contribution is -2.14. The summed E-state index contributed by atoms with van der Waals surface area (Å²) in [6, 6.07) is 5.77. The van der Waals surface area contributed by atoms with Crippen LogP contribution in [0.15, 0.2) is 23.4 Å². The first-order valence-electron chi connectivity index (χ1n) is 7.68. The van der Waals surface area contributed by atoms with Gasteiger partial charge < -0.3 is 19.4 Å². The van der Waals surface area contributed by atoms with Crippen molar-refractivity contribution in [3.8, 4) is 11.5 Å². The van der Waals surface area contributed by atoms with Crippen LogP contribution in [0.5, 0.6) is 11.5 Å². The van der Waals surface area contributed by atoms with Gasteiger partial charge in [0, 0.05) is 17.8 Å². The molecule has 1 N–H and O–H groups in total. The monoisotopic (exact) mass is 348 g/mol. The van der Waals surface area contributed by atoms with Crippen LogP contribution in [0.1, 0.15) is 24.7 Å². The molecule has 0 atom stereocenters. The van der Waals surface area contributed by atoms with E-state index in [-0.39, 0.29) is 11.7 Å². The number of rotatable bonds is 7. The number of amides is 1. The van der Waals surface area contributed by atoms with Gasteiger partial charge in [0.25, 0.3) is 0 Å². The summed E-state index contributed by atoms with van der Waals surface area (Å²) in [6.45, 7) is 1.94. The van der Waals surface area contributed by atoms with E-state index in [2.05, 4.69) is 20.1 Å². The van der Waals surface area contributed by atoms with Gasteiger partial charge in [-0.1, -0.05) is 11.8 Å². The van der Waals surface area contributed by atoms with Crippen LogP contribution in [0, 0.1) is 6.92 Å². The van der Waals surface area contributed by atoms with Gasteiger partial charge in [-0.15, -0.1) is 10.2 Å². The van der Waals surface area contributed by atoms with Crippen LogP contribution in [0.3, 0.4) is 0 Å². The molecule has 1 heterocycles. The molecule has 0 bridgehead atoms. The fraction of sp³-hybridized carbons (Fsp3) is 0.438. The number of benzene rings is 1. The van der Waals surface area contributed by atoms with E-state index in [4.69, 9.17) is 9.47 Å². The average molecular weight is 348 g/mol. The normalized spacial score (nSPS) is 13.6. The van der Waals surface area contributed by atoms with E-state index in [1.54, 1.807) is 32.4 Å². The molecule has 0 unspecified atom stereocenters. The molecule has 1 amide bonds. The SMILES string of the molecule is COc1ccc(NC(=O)CSc2nnc(C)n2C2CC2)cc1OC. The first kappa shape index (κ1) is 16.6. The Morgan fingerprint density at radius 2 is 2.04 bits per heavy atom. The molecule has 0 spiro atoms. The molecular weight excluding hydrogens is 328 g/mol. The lowest BCUT2D eigenvalue weighted by Gasteiger charge is -2.10. The lowest BCUT2D eigenvalue weighted by atomic mass is 10.2. The van der Waals surface area contributed by atoms with Gasteiger partial charge in [-0.05, 0) is 31.9 Å². The highest BCUT2D eigenvalue weighted by atomic mass is 32.2. The summed E-state index contributed by atoms with van der Waals surface area (Å²) in [5.74, 6) is 2.28. The molecule has 0 saturated heterocycles. The molecular formula is C16H20N4O3S. The number of aryl methyl sites for hydroxylation is 1. The van der Waals surface area contributed by atoms with Crippen LogP contribution >= 0.6 is 11.8 Å². The van der Waals surface area contributed by atoms with Crippen LogP contribution in [-0.4, -0.2) is 40.6 Å². The molecule has 1 aromatic heterocycles. The number of carbonyl (C=O) groups is 1. The van der Waals surface area contributed by atoms with Crippen molar-refractivity contribution in [1.29, 1.82) is 0 Å². The van der Waals surface area contributed by atoms with Crippen LogP contribution in [0.2, 0.25) is 0 Å². The molecule has 1 aliphatic rings. The van der Waals surface area contributed by atoms with Crippen LogP contribution in [0.25, 0.3) is 0 Å².